The van der Waals surface area contributed by atoms with Crippen molar-refractivity contribution in [3.63, 3.8) is 0 Å². The lowest BCUT2D eigenvalue weighted by molar-refractivity contribution is -0.138. The molecule has 1 aliphatic heterocycles. The van der Waals surface area contributed by atoms with Crippen LogP contribution in [0.25, 0.3) is 6.08 Å². The van der Waals surface area contributed by atoms with Crippen LogP contribution in [0.15, 0.2) is 54.2 Å². The minimum Gasteiger partial charge on any atom is -0.463 e. The smallest absolute Gasteiger partial charge is 0.334 e. The van der Waals surface area contributed by atoms with Crippen molar-refractivity contribution in [2.75, 3.05) is 6.61 Å². The number of hydrogen-bond donors (Lipinski definition) is 0. The van der Waals surface area contributed by atoms with Crippen LogP contribution in [0.1, 0.15) is 30.5 Å². The summed E-state index contributed by atoms with van der Waals surface area (Å²) in [7, 11) is 0. The topological polar surface area (TPSA) is 31.2 Å². The summed E-state index contributed by atoms with van der Waals surface area (Å²) in [6, 6.07) is 14.1. The van der Waals surface area contributed by atoms with Crippen LogP contribution in [0, 0.1) is 0 Å². The van der Waals surface area contributed by atoms with E-state index in [1.807, 2.05) is 49.4 Å². The lowest BCUT2D eigenvalue weighted by Gasteiger charge is -2.14. The predicted molar refractivity (Wildman–Crippen MR) is 82.8 cm³/mol. The Labute approximate surface area is 124 Å². The Morgan fingerprint density at radius 3 is 2.86 bits per heavy atom. The molecule has 3 nitrogen and oxygen atoms in total. The second kappa shape index (κ2) is 6.00. The van der Waals surface area contributed by atoms with Crippen molar-refractivity contribution < 1.29 is 9.53 Å². The molecule has 21 heavy (non-hydrogen) atoms. The quantitative estimate of drug-likeness (QED) is 0.633. The van der Waals surface area contributed by atoms with Crippen LogP contribution < -0.4 is 0 Å². The maximum atomic E-state index is 12.4. The van der Waals surface area contributed by atoms with Gasteiger partial charge in [-0.25, -0.2) is 4.79 Å². The van der Waals surface area contributed by atoms with Crippen LogP contribution in [0.2, 0.25) is 0 Å². The molecule has 0 saturated carbocycles. The molecule has 1 atom stereocenters. The minimum absolute atomic E-state index is 0.124. The number of esters is 1. The van der Waals surface area contributed by atoms with Crippen LogP contribution in [-0.2, 0) is 16.1 Å². The van der Waals surface area contributed by atoms with Gasteiger partial charge in [0.15, 0.2) is 0 Å². The Hall–Kier alpha value is -2.29. The number of carbonyl (C=O) groups excluding carboxylic acids is 1. The van der Waals surface area contributed by atoms with Crippen LogP contribution in [0.4, 0.5) is 0 Å². The lowest BCUT2D eigenvalue weighted by atomic mass is 9.93. The zero-order chi connectivity index (χ0) is 14.7. The molecule has 1 aliphatic rings. The molecule has 0 saturated heterocycles. The highest BCUT2D eigenvalue weighted by Crippen LogP contribution is 2.36. The first-order chi connectivity index (χ1) is 10.3. The molecule has 108 valence electrons. The van der Waals surface area contributed by atoms with E-state index >= 15 is 0 Å². The van der Waals surface area contributed by atoms with Crippen molar-refractivity contribution in [1.82, 2.24) is 4.57 Å². The van der Waals surface area contributed by atoms with Gasteiger partial charge in [0, 0.05) is 29.9 Å². The molecule has 1 unspecified atom stereocenters. The molecule has 0 fully saturated rings. The summed E-state index contributed by atoms with van der Waals surface area (Å²) in [4.78, 5) is 12.4. The molecule has 0 aliphatic carbocycles. The largest absolute Gasteiger partial charge is 0.463 e. The summed E-state index contributed by atoms with van der Waals surface area (Å²) >= 11 is 0. The Bertz CT molecular complexity index is 655. The third-order valence-corrected chi connectivity index (χ3v) is 3.89. The number of nitrogens with zero attached hydrogens (tertiary/aromatic N) is 1. The van der Waals surface area contributed by atoms with E-state index in [1.165, 1.54) is 5.69 Å². The highest BCUT2D eigenvalue weighted by Gasteiger charge is 2.29. The first kappa shape index (κ1) is 13.7. The first-order valence-electron chi connectivity index (χ1n) is 7.38. The van der Waals surface area contributed by atoms with E-state index in [1.54, 1.807) is 0 Å². The van der Waals surface area contributed by atoms with E-state index in [0.717, 1.165) is 24.1 Å². The number of aromatic nitrogens is 1. The molecule has 2 aromatic rings. The van der Waals surface area contributed by atoms with Crippen molar-refractivity contribution in [3.8, 4) is 0 Å². The van der Waals surface area contributed by atoms with E-state index in [4.69, 9.17) is 4.74 Å². The normalized spacial score (nSPS) is 17.6. The monoisotopic (exact) mass is 281 g/mol. The first-order valence-corrected chi connectivity index (χ1v) is 7.38. The van der Waals surface area contributed by atoms with Gasteiger partial charge in [-0.2, -0.15) is 0 Å². The Morgan fingerprint density at radius 1 is 1.29 bits per heavy atom. The summed E-state index contributed by atoms with van der Waals surface area (Å²) in [6.07, 6.45) is 4.99. The van der Waals surface area contributed by atoms with Gasteiger partial charge in [0.05, 0.1) is 6.61 Å². The highest BCUT2D eigenvalue weighted by atomic mass is 16.5. The molecule has 0 amide bonds. The summed E-state index contributed by atoms with van der Waals surface area (Å²) in [5.74, 6) is -0.0831. The summed E-state index contributed by atoms with van der Waals surface area (Å²) < 4.78 is 7.47. The van der Waals surface area contributed by atoms with Gasteiger partial charge in [0.2, 0.25) is 0 Å². The summed E-state index contributed by atoms with van der Waals surface area (Å²) in [6.45, 7) is 3.20. The molecule has 0 N–H and O–H groups in total. The number of aryl methyl sites for hydroxylation is 1. The number of carbonyl (C=O) groups is 1. The van der Waals surface area contributed by atoms with Gasteiger partial charge in [0.1, 0.15) is 0 Å². The molecular weight excluding hydrogens is 262 g/mol. The fraction of sp³-hybridized carbons (Fsp3) is 0.278. The standard InChI is InChI=1S/C18H19NO2/c1-2-21-18(20)16(13-14-7-4-3-5-8-14)15-10-12-19-11-6-9-17(15)19/h3-9,11,13,15H,2,10,12H2,1H3. The molecular formula is C18H19NO2. The van der Waals surface area contributed by atoms with Crippen LogP contribution in [-0.4, -0.2) is 17.1 Å². The molecule has 2 heterocycles. The Balaban J connectivity index is 1.98. The maximum absolute atomic E-state index is 12.4. The van der Waals surface area contributed by atoms with Gasteiger partial charge >= 0.3 is 5.97 Å². The van der Waals surface area contributed by atoms with Gasteiger partial charge in [-0.1, -0.05) is 30.3 Å². The maximum Gasteiger partial charge on any atom is 0.334 e. The van der Waals surface area contributed by atoms with Gasteiger partial charge in [-0.05, 0) is 37.1 Å². The Kier molecular flexibility index (Phi) is 3.91. The number of hydrogen-bond acceptors (Lipinski definition) is 2. The van der Waals surface area contributed by atoms with Gasteiger partial charge in [0.25, 0.3) is 0 Å². The zero-order valence-electron chi connectivity index (χ0n) is 12.2. The third-order valence-electron chi connectivity index (χ3n) is 3.89. The molecule has 0 bridgehead atoms. The number of rotatable bonds is 4. The fourth-order valence-electron chi connectivity index (χ4n) is 2.92. The average molecular weight is 281 g/mol. The van der Waals surface area contributed by atoms with Crippen molar-refractivity contribution in [2.24, 2.45) is 0 Å². The second-order valence-electron chi connectivity index (χ2n) is 5.20. The molecule has 3 rings (SSSR count). The second-order valence-corrected chi connectivity index (χ2v) is 5.20. The zero-order valence-corrected chi connectivity index (χ0v) is 12.2. The van der Waals surface area contributed by atoms with E-state index in [2.05, 4.69) is 16.8 Å². The average Bonchev–Trinajstić information content (AvgIpc) is 3.09. The molecule has 0 radical (unpaired) electrons. The number of benzene rings is 1. The van der Waals surface area contributed by atoms with Crippen molar-refractivity contribution in [3.05, 3.63) is 65.5 Å². The van der Waals surface area contributed by atoms with Gasteiger partial charge in [-0.3, -0.25) is 0 Å². The highest BCUT2D eigenvalue weighted by molar-refractivity contribution is 5.95. The van der Waals surface area contributed by atoms with Crippen molar-refractivity contribution in [2.45, 2.75) is 25.8 Å². The number of fused-ring (bicyclic) bond motifs is 1. The minimum atomic E-state index is -0.207. The molecule has 1 aromatic heterocycles. The van der Waals surface area contributed by atoms with E-state index in [0.29, 0.717) is 6.61 Å². The SMILES string of the molecule is CCOC(=O)C(=Cc1ccccc1)C1CCn2cccc21. The van der Waals surface area contributed by atoms with Crippen LogP contribution in [0.5, 0.6) is 0 Å². The van der Waals surface area contributed by atoms with Crippen LogP contribution in [0.3, 0.4) is 0 Å². The van der Waals surface area contributed by atoms with E-state index in [9.17, 15) is 4.79 Å². The van der Waals surface area contributed by atoms with Crippen LogP contribution >= 0.6 is 0 Å². The van der Waals surface area contributed by atoms with Gasteiger partial charge < -0.3 is 9.30 Å². The summed E-state index contributed by atoms with van der Waals surface area (Å²) in [5.41, 5.74) is 2.98. The Morgan fingerprint density at radius 2 is 2.10 bits per heavy atom. The van der Waals surface area contributed by atoms with E-state index < -0.39 is 0 Å². The van der Waals surface area contributed by atoms with Crippen molar-refractivity contribution in [1.29, 1.82) is 0 Å². The van der Waals surface area contributed by atoms with Crippen molar-refractivity contribution >= 4 is 12.0 Å². The molecule has 0 spiro atoms. The summed E-state index contributed by atoms with van der Waals surface area (Å²) in [5, 5.41) is 0. The lowest BCUT2D eigenvalue weighted by Crippen LogP contribution is -2.13. The number of ether oxygens (including phenoxy) is 1. The van der Waals surface area contributed by atoms with Gasteiger partial charge in [-0.15, -0.1) is 0 Å². The fourth-order valence-corrected chi connectivity index (χ4v) is 2.92. The van der Waals surface area contributed by atoms with E-state index in [-0.39, 0.29) is 11.9 Å². The predicted octanol–water partition coefficient (Wildman–Crippen LogP) is 3.62. The molecule has 3 heteroatoms. The molecule has 1 aromatic carbocycles. The third kappa shape index (κ3) is 2.77.